The molecule has 5 heteroatoms. The van der Waals surface area contributed by atoms with Gasteiger partial charge in [0.15, 0.2) is 17.8 Å². The highest BCUT2D eigenvalue weighted by molar-refractivity contribution is 5.99. The summed E-state index contributed by atoms with van der Waals surface area (Å²) in [5.74, 6) is -1.00. The monoisotopic (exact) mass is 286 g/mol. The molecular formula is C16H14O5. The van der Waals surface area contributed by atoms with Gasteiger partial charge in [-0.15, -0.1) is 0 Å². The topological polar surface area (TPSA) is 84.6 Å². The molecule has 0 aliphatic heterocycles. The van der Waals surface area contributed by atoms with Crippen LogP contribution in [0.2, 0.25) is 0 Å². The van der Waals surface area contributed by atoms with Gasteiger partial charge in [0.05, 0.1) is 6.42 Å². The summed E-state index contributed by atoms with van der Waals surface area (Å²) in [6.07, 6.45) is 0.427. The summed E-state index contributed by atoms with van der Waals surface area (Å²) in [5, 5.41) is 8.71. The summed E-state index contributed by atoms with van der Waals surface area (Å²) in [6, 6.07) is 9.89. The Morgan fingerprint density at radius 1 is 1.19 bits per heavy atom. The van der Waals surface area contributed by atoms with E-state index in [-0.39, 0.29) is 18.0 Å². The molecule has 0 amide bonds. The molecule has 1 unspecified atom stereocenters. The maximum Gasteiger partial charge on any atom is 0.304 e. The molecule has 1 heterocycles. The molecule has 2 rings (SSSR count). The van der Waals surface area contributed by atoms with Crippen molar-refractivity contribution in [2.24, 2.45) is 5.92 Å². The molecule has 0 spiro atoms. The summed E-state index contributed by atoms with van der Waals surface area (Å²) in [5.41, 5.74) is 1.19. The molecule has 2 aromatic rings. The number of hydrogen-bond acceptors (Lipinski definition) is 4. The third kappa shape index (κ3) is 3.45. The van der Waals surface area contributed by atoms with Crippen molar-refractivity contribution < 1.29 is 23.9 Å². The lowest BCUT2D eigenvalue weighted by atomic mass is 9.95. The zero-order valence-corrected chi connectivity index (χ0v) is 11.4. The first-order chi connectivity index (χ1) is 10.0. The molecule has 0 aliphatic rings. The Bertz CT molecular complexity index is 666. The molecule has 0 fully saturated rings. The fraction of sp³-hybridized carbons (Fsp3) is 0.188. The molecular weight excluding hydrogens is 272 g/mol. The number of carbonyl (C=O) groups excluding carboxylic acids is 2. The van der Waals surface area contributed by atoms with Crippen molar-refractivity contribution >= 4 is 18.0 Å². The Balaban J connectivity index is 2.16. The zero-order valence-electron chi connectivity index (χ0n) is 11.4. The van der Waals surface area contributed by atoms with Gasteiger partial charge in [-0.05, 0) is 12.1 Å². The van der Waals surface area contributed by atoms with Gasteiger partial charge >= 0.3 is 5.97 Å². The SMILES string of the molecule is CC(CC(=O)O)C(=O)c1ccc(-c2ccc(C=O)o2)cc1. The van der Waals surface area contributed by atoms with Crippen LogP contribution < -0.4 is 0 Å². The minimum Gasteiger partial charge on any atom is -0.481 e. The summed E-state index contributed by atoms with van der Waals surface area (Å²) in [4.78, 5) is 33.2. The van der Waals surface area contributed by atoms with E-state index >= 15 is 0 Å². The van der Waals surface area contributed by atoms with Crippen molar-refractivity contribution in [3.63, 3.8) is 0 Å². The van der Waals surface area contributed by atoms with Crippen molar-refractivity contribution in [3.05, 3.63) is 47.7 Å². The Hall–Kier alpha value is -2.69. The van der Waals surface area contributed by atoms with Gasteiger partial charge in [0.2, 0.25) is 0 Å². The summed E-state index contributed by atoms with van der Waals surface area (Å²) in [6.45, 7) is 1.59. The predicted octanol–water partition coefficient (Wildman–Crippen LogP) is 3.05. The third-order valence-electron chi connectivity index (χ3n) is 3.13. The van der Waals surface area contributed by atoms with E-state index in [9.17, 15) is 14.4 Å². The van der Waals surface area contributed by atoms with E-state index < -0.39 is 11.9 Å². The quantitative estimate of drug-likeness (QED) is 0.651. The molecule has 5 nitrogen and oxygen atoms in total. The minimum atomic E-state index is -0.996. The maximum atomic E-state index is 12.0. The van der Waals surface area contributed by atoms with Crippen LogP contribution in [0.4, 0.5) is 0 Å². The molecule has 1 aromatic heterocycles. The first-order valence-electron chi connectivity index (χ1n) is 6.42. The van der Waals surface area contributed by atoms with Crippen molar-refractivity contribution in [3.8, 4) is 11.3 Å². The van der Waals surface area contributed by atoms with Crippen LogP contribution in [0.15, 0.2) is 40.8 Å². The van der Waals surface area contributed by atoms with Crippen LogP contribution in [-0.4, -0.2) is 23.1 Å². The first-order valence-corrected chi connectivity index (χ1v) is 6.42. The predicted molar refractivity (Wildman–Crippen MR) is 75.3 cm³/mol. The van der Waals surface area contributed by atoms with E-state index in [2.05, 4.69) is 0 Å². The largest absolute Gasteiger partial charge is 0.481 e. The van der Waals surface area contributed by atoms with Crippen LogP contribution in [-0.2, 0) is 4.79 Å². The highest BCUT2D eigenvalue weighted by Crippen LogP contribution is 2.23. The molecule has 1 N–H and O–H groups in total. The van der Waals surface area contributed by atoms with E-state index in [0.717, 1.165) is 5.56 Å². The average Bonchev–Trinajstić information content (AvgIpc) is 2.95. The Morgan fingerprint density at radius 3 is 2.38 bits per heavy atom. The van der Waals surface area contributed by atoms with Gasteiger partial charge in [0, 0.05) is 17.0 Å². The number of carboxylic acids is 1. The molecule has 1 atom stereocenters. The van der Waals surface area contributed by atoms with E-state index in [1.54, 1.807) is 43.3 Å². The van der Waals surface area contributed by atoms with E-state index in [1.165, 1.54) is 0 Å². The molecule has 0 saturated heterocycles. The molecule has 0 bridgehead atoms. The number of Topliss-reactive ketones (excluding diaryl/α,β-unsaturated/α-hetero) is 1. The Labute approximate surface area is 121 Å². The molecule has 1 aromatic carbocycles. The van der Waals surface area contributed by atoms with E-state index in [1.807, 2.05) is 0 Å². The van der Waals surface area contributed by atoms with Gasteiger partial charge < -0.3 is 9.52 Å². The van der Waals surface area contributed by atoms with Crippen LogP contribution in [0.25, 0.3) is 11.3 Å². The van der Waals surface area contributed by atoms with Crippen LogP contribution in [0.1, 0.15) is 34.3 Å². The van der Waals surface area contributed by atoms with Crippen LogP contribution >= 0.6 is 0 Å². The number of benzene rings is 1. The molecule has 0 saturated carbocycles. The maximum absolute atomic E-state index is 12.0. The van der Waals surface area contributed by atoms with Crippen LogP contribution in [0.5, 0.6) is 0 Å². The standard InChI is InChI=1S/C16H14O5/c1-10(8-15(18)19)16(20)12-4-2-11(3-5-12)14-7-6-13(9-17)21-14/h2-7,9-10H,8H2,1H3,(H,18,19). The highest BCUT2D eigenvalue weighted by Gasteiger charge is 2.18. The number of rotatable bonds is 6. The van der Waals surface area contributed by atoms with Crippen molar-refractivity contribution in [2.75, 3.05) is 0 Å². The lowest BCUT2D eigenvalue weighted by Gasteiger charge is -2.08. The second kappa shape index (κ2) is 6.17. The van der Waals surface area contributed by atoms with Crippen molar-refractivity contribution in [1.82, 2.24) is 0 Å². The van der Waals surface area contributed by atoms with Gasteiger partial charge in [0.1, 0.15) is 5.76 Å². The number of furan rings is 1. The van der Waals surface area contributed by atoms with Gasteiger partial charge in [-0.1, -0.05) is 31.2 Å². The number of aldehydes is 1. The third-order valence-corrected chi connectivity index (χ3v) is 3.13. The smallest absolute Gasteiger partial charge is 0.304 e. The van der Waals surface area contributed by atoms with Crippen molar-refractivity contribution in [2.45, 2.75) is 13.3 Å². The van der Waals surface area contributed by atoms with E-state index in [4.69, 9.17) is 9.52 Å². The molecule has 21 heavy (non-hydrogen) atoms. The Morgan fingerprint density at radius 2 is 1.86 bits per heavy atom. The lowest BCUT2D eigenvalue weighted by molar-refractivity contribution is -0.137. The van der Waals surface area contributed by atoms with Crippen LogP contribution in [0.3, 0.4) is 0 Å². The van der Waals surface area contributed by atoms with Crippen molar-refractivity contribution in [1.29, 1.82) is 0 Å². The number of carbonyl (C=O) groups is 3. The number of aliphatic carboxylic acids is 1. The summed E-state index contributed by atoms with van der Waals surface area (Å²) >= 11 is 0. The number of carboxylic acid groups (broad SMARTS) is 1. The average molecular weight is 286 g/mol. The molecule has 0 radical (unpaired) electrons. The van der Waals surface area contributed by atoms with Gasteiger partial charge in [0.25, 0.3) is 0 Å². The first kappa shape index (κ1) is 14.7. The molecule has 0 aliphatic carbocycles. The summed E-state index contributed by atoms with van der Waals surface area (Å²) < 4.78 is 5.29. The van der Waals surface area contributed by atoms with Gasteiger partial charge in [-0.3, -0.25) is 14.4 Å². The minimum absolute atomic E-state index is 0.193. The van der Waals surface area contributed by atoms with Gasteiger partial charge in [-0.2, -0.15) is 0 Å². The number of ketones is 1. The van der Waals surface area contributed by atoms with Gasteiger partial charge in [-0.25, -0.2) is 0 Å². The van der Waals surface area contributed by atoms with Crippen LogP contribution in [0, 0.1) is 5.92 Å². The zero-order chi connectivity index (χ0) is 15.4. The fourth-order valence-corrected chi connectivity index (χ4v) is 2.01. The highest BCUT2D eigenvalue weighted by atomic mass is 16.4. The molecule has 108 valence electrons. The Kier molecular flexibility index (Phi) is 4.33. The normalized spacial score (nSPS) is 11.9. The lowest BCUT2D eigenvalue weighted by Crippen LogP contribution is -2.15. The fourth-order valence-electron chi connectivity index (χ4n) is 2.01. The second-order valence-corrected chi connectivity index (χ2v) is 4.76. The summed E-state index contributed by atoms with van der Waals surface area (Å²) in [7, 11) is 0. The van der Waals surface area contributed by atoms with E-state index in [0.29, 0.717) is 17.6 Å². The number of hydrogen-bond donors (Lipinski definition) is 1. The second-order valence-electron chi connectivity index (χ2n) is 4.76.